The number of anilines is 1. The number of benzene rings is 1. The number of aryl methyl sites for hydroxylation is 1. The molecule has 0 amide bonds. The summed E-state index contributed by atoms with van der Waals surface area (Å²) in [5.74, 6) is 1.02. The maximum atomic E-state index is 14.7. The van der Waals surface area contributed by atoms with Crippen LogP contribution in [-0.4, -0.2) is 81.1 Å². The van der Waals surface area contributed by atoms with E-state index in [0.29, 0.717) is 35.3 Å². The molecule has 1 unspecified atom stereocenters. The first-order valence-electron chi connectivity index (χ1n) is 11.8. The van der Waals surface area contributed by atoms with Crippen LogP contribution in [-0.2, 0) is 6.54 Å². The maximum Gasteiger partial charge on any atom is 0.256 e. The molecule has 2 atom stereocenters. The molecule has 0 spiro atoms. The van der Waals surface area contributed by atoms with E-state index >= 15 is 0 Å². The fourth-order valence-electron chi connectivity index (χ4n) is 4.83. The first-order valence-corrected chi connectivity index (χ1v) is 11.8. The van der Waals surface area contributed by atoms with Gasteiger partial charge < -0.3 is 14.6 Å². The number of fused-ring (bicyclic) bond motifs is 2. The summed E-state index contributed by atoms with van der Waals surface area (Å²) in [4.78, 5) is 10.6. The number of hydrogen-bond acceptors (Lipinski definition) is 6. The van der Waals surface area contributed by atoms with E-state index in [1.807, 2.05) is 18.2 Å². The predicted octanol–water partition coefficient (Wildman–Crippen LogP) is 4.12. The minimum atomic E-state index is -2.50. The molecule has 192 valence electrons. The zero-order chi connectivity index (χ0) is 25.4. The Morgan fingerprint density at radius 3 is 2.78 bits per heavy atom. The number of nitrogens with zero attached hydrogens (tertiary/aromatic N) is 6. The van der Waals surface area contributed by atoms with Gasteiger partial charge in [-0.25, -0.2) is 27.1 Å². The fourth-order valence-corrected chi connectivity index (χ4v) is 4.83. The summed E-state index contributed by atoms with van der Waals surface area (Å²) in [5, 5.41) is 7.56. The molecule has 1 fully saturated rings. The Labute approximate surface area is 204 Å². The number of likely N-dealkylation sites (tertiary alicyclic amines) is 1. The largest absolute Gasteiger partial charge is 0.479 e. The number of rotatable bonds is 8. The van der Waals surface area contributed by atoms with Crippen molar-refractivity contribution in [2.45, 2.75) is 38.5 Å². The maximum absolute atomic E-state index is 14.7. The molecule has 1 aliphatic heterocycles. The Balaban J connectivity index is 1.47. The van der Waals surface area contributed by atoms with Gasteiger partial charge in [-0.05, 0) is 37.1 Å². The van der Waals surface area contributed by atoms with Crippen molar-refractivity contribution in [1.29, 1.82) is 0 Å². The molecule has 1 saturated heterocycles. The van der Waals surface area contributed by atoms with Crippen LogP contribution in [0.3, 0.4) is 0 Å². The Bertz CT molecular complexity index is 1370. The van der Waals surface area contributed by atoms with E-state index in [1.54, 1.807) is 28.6 Å². The van der Waals surface area contributed by atoms with Gasteiger partial charge in [0.2, 0.25) is 11.8 Å². The molecule has 0 saturated carbocycles. The van der Waals surface area contributed by atoms with Crippen molar-refractivity contribution in [2.75, 3.05) is 38.7 Å². The van der Waals surface area contributed by atoms with Crippen molar-refractivity contribution < 1.29 is 22.3 Å². The highest BCUT2D eigenvalue weighted by Crippen LogP contribution is 2.33. The second-order valence-corrected chi connectivity index (χ2v) is 8.88. The molecule has 36 heavy (non-hydrogen) atoms. The van der Waals surface area contributed by atoms with Crippen LogP contribution in [0.1, 0.15) is 12.2 Å². The number of hydrogen-bond donors (Lipinski definition) is 1. The van der Waals surface area contributed by atoms with Crippen LogP contribution in [0.4, 0.5) is 23.5 Å². The molecular formula is C24H27F4N7O. The third kappa shape index (κ3) is 4.57. The van der Waals surface area contributed by atoms with Gasteiger partial charge in [0, 0.05) is 31.4 Å². The molecule has 0 bridgehead atoms. The lowest BCUT2D eigenvalue weighted by molar-refractivity contribution is 0.120. The lowest BCUT2D eigenvalue weighted by atomic mass is 10.0. The molecule has 8 nitrogen and oxygen atoms in total. The summed E-state index contributed by atoms with van der Waals surface area (Å²) >= 11 is 0. The monoisotopic (exact) mass is 505 g/mol. The highest BCUT2D eigenvalue weighted by Gasteiger charge is 2.30. The van der Waals surface area contributed by atoms with Crippen LogP contribution >= 0.6 is 0 Å². The van der Waals surface area contributed by atoms with Gasteiger partial charge >= 0.3 is 0 Å². The number of ether oxygens (including phenoxy) is 1. The van der Waals surface area contributed by atoms with Crippen LogP contribution < -0.4 is 10.1 Å². The summed E-state index contributed by atoms with van der Waals surface area (Å²) in [5.41, 5.74) is 3.36. The van der Waals surface area contributed by atoms with Crippen molar-refractivity contribution in [3.8, 4) is 17.0 Å². The van der Waals surface area contributed by atoms with E-state index in [4.69, 9.17) is 4.74 Å². The van der Waals surface area contributed by atoms with Crippen molar-refractivity contribution in [3.05, 3.63) is 36.3 Å². The molecule has 4 aromatic rings. The molecule has 3 aromatic heterocycles. The Hall–Kier alpha value is -3.41. The van der Waals surface area contributed by atoms with Crippen LogP contribution in [0.2, 0.25) is 0 Å². The van der Waals surface area contributed by atoms with Crippen LogP contribution in [0, 0.1) is 6.92 Å². The first kappa shape index (κ1) is 24.3. The summed E-state index contributed by atoms with van der Waals surface area (Å²) in [6.07, 6.45) is -1.46. The van der Waals surface area contributed by atoms with E-state index in [2.05, 4.69) is 20.4 Å². The Kier molecular flexibility index (Phi) is 6.69. The van der Waals surface area contributed by atoms with Crippen LogP contribution in [0.5, 0.6) is 5.88 Å². The molecule has 1 aliphatic rings. The highest BCUT2D eigenvalue weighted by atomic mass is 19.3. The van der Waals surface area contributed by atoms with Crippen LogP contribution in [0.25, 0.3) is 27.7 Å². The quantitative estimate of drug-likeness (QED) is 0.363. The third-order valence-electron chi connectivity index (χ3n) is 6.58. The Morgan fingerprint density at radius 1 is 1.22 bits per heavy atom. The van der Waals surface area contributed by atoms with Crippen molar-refractivity contribution >= 4 is 22.5 Å². The van der Waals surface area contributed by atoms with Gasteiger partial charge in [-0.2, -0.15) is 4.98 Å². The minimum Gasteiger partial charge on any atom is -0.479 e. The lowest BCUT2D eigenvalue weighted by Gasteiger charge is -2.34. The zero-order valence-corrected chi connectivity index (χ0v) is 20.0. The number of aromatic nitrogens is 5. The average Bonchev–Trinajstić information content (AvgIpc) is 3.41. The smallest absolute Gasteiger partial charge is 0.256 e. The van der Waals surface area contributed by atoms with Crippen molar-refractivity contribution in [2.24, 2.45) is 0 Å². The normalized spacial score (nSPS) is 19.0. The van der Waals surface area contributed by atoms with Gasteiger partial charge in [0.1, 0.15) is 24.2 Å². The van der Waals surface area contributed by atoms with E-state index in [0.717, 1.165) is 11.1 Å². The summed E-state index contributed by atoms with van der Waals surface area (Å²) in [6, 6.07) is 6.81. The SMILES string of the molecule is COc1nc(NC2CCN(CCF)C[C@H]2F)nn2ccc(-c3ccc4nc(C)n(CC(F)F)c4c3)c12. The molecule has 0 radical (unpaired) electrons. The second-order valence-electron chi connectivity index (χ2n) is 8.88. The van der Waals surface area contributed by atoms with Gasteiger partial charge in [-0.15, -0.1) is 5.10 Å². The van der Waals surface area contributed by atoms with Gasteiger partial charge in [-0.3, -0.25) is 4.90 Å². The van der Waals surface area contributed by atoms with E-state index in [1.165, 1.54) is 11.7 Å². The molecular weight excluding hydrogens is 478 g/mol. The number of piperidine rings is 1. The van der Waals surface area contributed by atoms with Crippen LogP contribution in [0.15, 0.2) is 30.5 Å². The highest BCUT2D eigenvalue weighted by molar-refractivity contribution is 5.89. The second kappa shape index (κ2) is 9.92. The Morgan fingerprint density at radius 2 is 2.06 bits per heavy atom. The zero-order valence-electron chi connectivity index (χ0n) is 20.0. The van der Waals surface area contributed by atoms with Gasteiger partial charge in [0.15, 0.2) is 0 Å². The van der Waals surface area contributed by atoms with Gasteiger partial charge in [0.05, 0.1) is 30.7 Å². The molecule has 1 N–H and O–H groups in total. The number of halogens is 4. The number of nitrogens with one attached hydrogen (secondary N) is 1. The predicted molar refractivity (Wildman–Crippen MR) is 128 cm³/mol. The van der Waals surface area contributed by atoms with Crippen molar-refractivity contribution in [3.63, 3.8) is 0 Å². The van der Waals surface area contributed by atoms with E-state index in [9.17, 15) is 17.6 Å². The lowest BCUT2D eigenvalue weighted by Crippen LogP contribution is -2.48. The van der Waals surface area contributed by atoms with E-state index < -0.39 is 31.9 Å². The average molecular weight is 506 g/mol. The number of methoxy groups -OCH3 is 1. The van der Waals surface area contributed by atoms with Gasteiger partial charge in [0.25, 0.3) is 6.43 Å². The first-order chi connectivity index (χ1) is 17.4. The van der Waals surface area contributed by atoms with Gasteiger partial charge in [-0.1, -0.05) is 6.07 Å². The molecule has 0 aliphatic carbocycles. The van der Waals surface area contributed by atoms with E-state index in [-0.39, 0.29) is 24.9 Å². The fraction of sp³-hybridized carbons (Fsp3) is 0.458. The molecule has 5 rings (SSSR count). The van der Waals surface area contributed by atoms with Crippen molar-refractivity contribution in [1.82, 2.24) is 29.0 Å². The standard InChI is InChI=1S/C24H27F4N7O/c1-14-29-19-4-3-15(11-20(19)34(14)13-21(27)28)16-5-9-35-22(16)23(36-2)31-24(32-35)30-18-6-8-33(10-7-25)12-17(18)26/h3-5,9,11,17-18,21H,6-8,10,12-13H2,1-2H3,(H,30,32)/t17-,18?/m1/s1. The molecule has 12 heteroatoms. The summed E-state index contributed by atoms with van der Waals surface area (Å²) in [6.45, 7) is 1.72. The topological polar surface area (TPSA) is 72.5 Å². The number of imidazole rings is 1. The number of alkyl halides is 4. The minimum absolute atomic E-state index is 0.152. The third-order valence-corrected chi connectivity index (χ3v) is 6.58. The summed E-state index contributed by atoms with van der Waals surface area (Å²) < 4.78 is 62.2. The molecule has 1 aromatic carbocycles. The molecule has 4 heterocycles. The summed E-state index contributed by atoms with van der Waals surface area (Å²) in [7, 11) is 1.49.